The molecule has 3 rings (SSSR count). The zero-order chi connectivity index (χ0) is 14.8. The summed E-state index contributed by atoms with van der Waals surface area (Å²) in [4.78, 5) is 0. The fourth-order valence-electron chi connectivity index (χ4n) is 2.35. The van der Waals surface area contributed by atoms with Crippen LogP contribution < -0.4 is 10.5 Å². The Morgan fingerprint density at radius 1 is 1.05 bits per heavy atom. The summed E-state index contributed by atoms with van der Waals surface area (Å²) in [5.74, 6) is 1.46. The SMILES string of the molecule is CC(N)C(Oc1ccc(Cl)c2ccccc12)c1ccco1. The van der Waals surface area contributed by atoms with Crippen LogP contribution in [0.2, 0.25) is 5.02 Å². The second-order valence-electron chi connectivity index (χ2n) is 5.00. The first-order chi connectivity index (χ1) is 10.2. The van der Waals surface area contributed by atoms with Crippen LogP contribution in [0.3, 0.4) is 0 Å². The van der Waals surface area contributed by atoms with Crippen LogP contribution in [0.4, 0.5) is 0 Å². The third-order valence-electron chi connectivity index (χ3n) is 3.39. The van der Waals surface area contributed by atoms with Crippen molar-refractivity contribution in [2.24, 2.45) is 5.73 Å². The molecule has 0 amide bonds. The molecule has 2 aromatic carbocycles. The number of benzene rings is 2. The number of hydrogen-bond donors (Lipinski definition) is 1. The molecule has 0 saturated heterocycles. The number of hydrogen-bond acceptors (Lipinski definition) is 3. The van der Waals surface area contributed by atoms with Gasteiger partial charge in [-0.05, 0) is 31.2 Å². The molecule has 0 fully saturated rings. The number of halogens is 1. The van der Waals surface area contributed by atoms with Gasteiger partial charge in [-0.15, -0.1) is 0 Å². The second-order valence-corrected chi connectivity index (χ2v) is 5.41. The minimum absolute atomic E-state index is 0.203. The Kier molecular flexibility index (Phi) is 3.86. The zero-order valence-electron chi connectivity index (χ0n) is 11.6. The molecule has 1 heterocycles. The summed E-state index contributed by atoms with van der Waals surface area (Å²) in [5, 5.41) is 2.62. The molecule has 0 aliphatic rings. The summed E-state index contributed by atoms with van der Waals surface area (Å²) in [6.45, 7) is 1.89. The van der Waals surface area contributed by atoms with Crippen LogP contribution in [-0.2, 0) is 0 Å². The van der Waals surface area contributed by atoms with Crippen LogP contribution in [-0.4, -0.2) is 6.04 Å². The van der Waals surface area contributed by atoms with Gasteiger partial charge in [0.25, 0.3) is 0 Å². The largest absolute Gasteiger partial charge is 0.480 e. The maximum Gasteiger partial charge on any atom is 0.171 e. The van der Waals surface area contributed by atoms with Crippen molar-refractivity contribution < 1.29 is 9.15 Å². The Morgan fingerprint density at radius 3 is 2.48 bits per heavy atom. The summed E-state index contributed by atoms with van der Waals surface area (Å²) in [7, 11) is 0. The highest BCUT2D eigenvalue weighted by Gasteiger charge is 2.22. The minimum atomic E-state index is -0.343. The van der Waals surface area contributed by atoms with Gasteiger partial charge in [0, 0.05) is 21.8 Å². The van der Waals surface area contributed by atoms with Crippen molar-refractivity contribution in [1.82, 2.24) is 0 Å². The fourth-order valence-corrected chi connectivity index (χ4v) is 2.58. The number of rotatable bonds is 4. The molecular weight excluding hydrogens is 286 g/mol. The number of ether oxygens (including phenoxy) is 1. The van der Waals surface area contributed by atoms with Gasteiger partial charge in [-0.1, -0.05) is 35.9 Å². The summed E-state index contributed by atoms with van der Waals surface area (Å²) in [6, 6.07) is 15.1. The molecular formula is C17H16ClNO2. The average Bonchev–Trinajstić information content (AvgIpc) is 3.00. The molecule has 4 heteroatoms. The van der Waals surface area contributed by atoms with Crippen LogP contribution in [0, 0.1) is 0 Å². The molecule has 0 spiro atoms. The first-order valence-corrected chi connectivity index (χ1v) is 7.17. The van der Waals surface area contributed by atoms with Crippen molar-refractivity contribution in [2.75, 3.05) is 0 Å². The molecule has 108 valence electrons. The van der Waals surface area contributed by atoms with Crippen molar-refractivity contribution in [3.63, 3.8) is 0 Å². The van der Waals surface area contributed by atoms with Crippen molar-refractivity contribution in [3.05, 3.63) is 65.6 Å². The highest BCUT2D eigenvalue weighted by molar-refractivity contribution is 6.35. The van der Waals surface area contributed by atoms with E-state index in [1.807, 2.05) is 55.5 Å². The molecule has 2 unspecified atom stereocenters. The van der Waals surface area contributed by atoms with E-state index in [9.17, 15) is 0 Å². The number of nitrogens with two attached hydrogens (primary N) is 1. The van der Waals surface area contributed by atoms with Gasteiger partial charge in [0.1, 0.15) is 11.5 Å². The Hall–Kier alpha value is -1.97. The average molecular weight is 302 g/mol. The van der Waals surface area contributed by atoms with Crippen molar-refractivity contribution >= 4 is 22.4 Å². The molecule has 0 radical (unpaired) electrons. The summed E-state index contributed by atoms with van der Waals surface area (Å²) < 4.78 is 11.5. The van der Waals surface area contributed by atoms with Crippen LogP contribution >= 0.6 is 11.6 Å². The van der Waals surface area contributed by atoms with Crippen molar-refractivity contribution in [1.29, 1.82) is 0 Å². The molecule has 1 aromatic heterocycles. The van der Waals surface area contributed by atoms with Gasteiger partial charge in [0.15, 0.2) is 6.10 Å². The minimum Gasteiger partial charge on any atom is -0.480 e. The molecule has 3 nitrogen and oxygen atoms in total. The third kappa shape index (κ3) is 2.75. The van der Waals surface area contributed by atoms with E-state index in [0.29, 0.717) is 10.8 Å². The Labute approximate surface area is 128 Å². The summed E-state index contributed by atoms with van der Waals surface area (Å²) >= 11 is 6.23. The molecule has 0 bridgehead atoms. The fraction of sp³-hybridized carbons (Fsp3) is 0.176. The van der Waals surface area contributed by atoms with Gasteiger partial charge < -0.3 is 14.9 Å². The van der Waals surface area contributed by atoms with Gasteiger partial charge in [0.2, 0.25) is 0 Å². The van der Waals surface area contributed by atoms with E-state index in [-0.39, 0.29) is 12.1 Å². The van der Waals surface area contributed by atoms with E-state index in [0.717, 1.165) is 16.5 Å². The first kappa shape index (κ1) is 14.0. The van der Waals surface area contributed by atoms with Crippen molar-refractivity contribution in [3.8, 4) is 5.75 Å². The molecule has 0 aliphatic carbocycles. The molecule has 21 heavy (non-hydrogen) atoms. The lowest BCUT2D eigenvalue weighted by Crippen LogP contribution is -2.28. The van der Waals surface area contributed by atoms with Crippen LogP contribution in [0.15, 0.2) is 59.2 Å². The van der Waals surface area contributed by atoms with E-state index < -0.39 is 0 Å². The maximum absolute atomic E-state index is 6.23. The Morgan fingerprint density at radius 2 is 1.81 bits per heavy atom. The number of fused-ring (bicyclic) bond motifs is 1. The lowest BCUT2D eigenvalue weighted by molar-refractivity contribution is 0.155. The summed E-state index contributed by atoms with van der Waals surface area (Å²) in [5.41, 5.74) is 6.04. The van der Waals surface area contributed by atoms with Gasteiger partial charge in [-0.3, -0.25) is 0 Å². The van der Waals surface area contributed by atoms with Gasteiger partial charge in [-0.2, -0.15) is 0 Å². The molecule has 2 N–H and O–H groups in total. The molecule has 0 aliphatic heterocycles. The van der Waals surface area contributed by atoms with Gasteiger partial charge >= 0.3 is 0 Å². The van der Waals surface area contributed by atoms with E-state index in [4.69, 9.17) is 26.5 Å². The smallest absolute Gasteiger partial charge is 0.171 e. The molecule has 0 saturated carbocycles. The normalized spacial score (nSPS) is 14.0. The summed E-state index contributed by atoms with van der Waals surface area (Å²) in [6.07, 6.45) is 1.28. The van der Waals surface area contributed by atoms with Gasteiger partial charge in [0.05, 0.1) is 6.26 Å². The number of furan rings is 1. The zero-order valence-corrected chi connectivity index (χ0v) is 12.4. The monoisotopic (exact) mass is 301 g/mol. The van der Waals surface area contributed by atoms with Crippen LogP contribution in [0.25, 0.3) is 10.8 Å². The standard InChI is InChI=1S/C17H16ClNO2/c1-11(19)17(16-7-4-10-20-16)21-15-9-8-14(18)12-5-2-3-6-13(12)15/h2-11,17H,19H2,1H3. The van der Waals surface area contributed by atoms with E-state index in [1.165, 1.54) is 0 Å². The maximum atomic E-state index is 6.23. The lowest BCUT2D eigenvalue weighted by atomic mass is 10.1. The van der Waals surface area contributed by atoms with E-state index >= 15 is 0 Å². The molecule has 3 aromatic rings. The quantitative estimate of drug-likeness (QED) is 0.769. The highest BCUT2D eigenvalue weighted by Crippen LogP contribution is 2.34. The lowest BCUT2D eigenvalue weighted by Gasteiger charge is -2.21. The predicted octanol–water partition coefficient (Wildman–Crippen LogP) is 4.55. The Bertz CT molecular complexity index is 738. The first-order valence-electron chi connectivity index (χ1n) is 6.79. The molecule has 2 atom stereocenters. The topological polar surface area (TPSA) is 48.4 Å². The van der Waals surface area contributed by atoms with Crippen molar-refractivity contribution in [2.45, 2.75) is 19.1 Å². The predicted molar refractivity (Wildman–Crippen MR) is 84.7 cm³/mol. The third-order valence-corrected chi connectivity index (χ3v) is 3.72. The Balaban J connectivity index is 2.03. The second kappa shape index (κ2) is 5.80. The van der Waals surface area contributed by atoms with E-state index in [2.05, 4.69) is 0 Å². The van der Waals surface area contributed by atoms with Crippen LogP contribution in [0.5, 0.6) is 5.75 Å². The highest BCUT2D eigenvalue weighted by atomic mass is 35.5. The van der Waals surface area contributed by atoms with Crippen LogP contribution in [0.1, 0.15) is 18.8 Å². The van der Waals surface area contributed by atoms with Gasteiger partial charge in [-0.25, -0.2) is 0 Å². The van der Waals surface area contributed by atoms with E-state index in [1.54, 1.807) is 6.26 Å².